The lowest BCUT2D eigenvalue weighted by Crippen LogP contribution is -1.82. The third kappa shape index (κ3) is 2.41. The summed E-state index contributed by atoms with van der Waals surface area (Å²) in [5, 5.41) is 13.8. The Morgan fingerprint density at radius 2 is 2.00 bits per heavy atom. The van der Waals surface area contributed by atoms with E-state index in [0.29, 0.717) is 22.3 Å². The number of aromatic hydroxyl groups is 1. The molecule has 0 saturated carbocycles. The fraction of sp³-hybridized carbons (Fsp3) is 0. The molecule has 0 bridgehead atoms. The van der Waals surface area contributed by atoms with Crippen LogP contribution in [0.1, 0.15) is 0 Å². The molecule has 3 aromatic rings. The van der Waals surface area contributed by atoms with Crippen LogP contribution < -0.4 is 0 Å². The molecule has 0 aliphatic carbocycles. The van der Waals surface area contributed by atoms with Crippen LogP contribution in [0.2, 0.25) is 5.02 Å². The van der Waals surface area contributed by atoms with Crippen molar-refractivity contribution in [3.63, 3.8) is 0 Å². The second-order valence-electron chi connectivity index (χ2n) is 3.87. The number of hydrogen-bond acceptors (Lipinski definition) is 5. The summed E-state index contributed by atoms with van der Waals surface area (Å²) in [6.07, 6.45) is 2.87. The van der Waals surface area contributed by atoms with E-state index in [1.54, 1.807) is 12.1 Å². The molecule has 3 rings (SSSR count). The van der Waals surface area contributed by atoms with Crippen molar-refractivity contribution in [3.8, 4) is 28.6 Å². The standard InChI is InChI=1S/C13H8ClN3O2/c14-10-3-1-2-8(4-10)12-16-13(19-17-12)9-5-11(18)7-15-6-9/h1-7,18H. The third-order valence-electron chi connectivity index (χ3n) is 2.48. The van der Waals surface area contributed by atoms with Crippen molar-refractivity contribution in [2.45, 2.75) is 0 Å². The highest BCUT2D eigenvalue weighted by Gasteiger charge is 2.11. The summed E-state index contributed by atoms with van der Waals surface area (Å²) in [5.74, 6) is 0.763. The van der Waals surface area contributed by atoms with Gasteiger partial charge in [0.1, 0.15) is 5.75 Å². The maximum atomic E-state index is 9.36. The van der Waals surface area contributed by atoms with Crippen LogP contribution in [0.5, 0.6) is 5.75 Å². The zero-order chi connectivity index (χ0) is 13.2. The Bertz CT molecular complexity index is 667. The van der Waals surface area contributed by atoms with Gasteiger partial charge in [0.25, 0.3) is 5.89 Å². The minimum atomic E-state index is 0.0417. The molecule has 2 heterocycles. The SMILES string of the molecule is Oc1cncc(-c2nc(-c3cccc(Cl)c3)no2)c1. The van der Waals surface area contributed by atoms with Gasteiger partial charge in [-0.15, -0.1) is 0 Å². The molecule has 0 spiro atoms. The molecule has 94 valence electrons. The van der Waals surface area contributed by atoms with Crippen LogP contribution in [0.15, 0.2) is 47.2 Å². The molecule has 0 amide bonds. The lowest BCUT2D eigenvalue weighted by Gasteiger charge is -1.94. The molecule has 0 fully saturated rings. The predicted octanol–water partition coefficient (Wildman–Crippen LogP) is 3.16. The van der Waals surface area contributed by atoms with Crippen molar-refractivity contribution < 1.29 is 9.63 Å². The van der Waals surface area contributed by atoms with Gasteiger partial charge in [0.15, 0.2) is 0 Å². The second-order valence-corrected chi connectivity index (χ2v) is 4.30. The number of hydrogen-bond donors (Lipinski definition) is 1. The highest BCUT2D eigenvalue weighted by molar-refractivity contribution is 6.30. The number of nitrogens with zero attached hydrogens (tertiary/aromatic N) is 3. The van der Waals surface area contributed by atoms with E-state index in [0.717, 1.165) is 5.56 Å². The van der Waals surface area contributed by atoms with Gasteiger partial charge in [0.05, 0.1) is 11.8 Å². The number of rotatable bonds is 2. The Hall–Kier alpha value is -2.40. The van der Waals surface area contributed by atoms with Gasteiger partial charge in [0, 0.05) is 16.8 Å². The minimum absolute atomic E-state index is 0.0417. The maximum absolute atomic E-state index is 9.36. The van der Waals surface area contributed by atoms with E-state index in [1.807, 2.05) is 12.1 Å². The van der Waals surface area contributed by atoms with Gasteiger partial charge in [-0.25, -0.2) is 0 Å². The topological polar surface area (TPSA) is 72.0 Å². The smallest absolute Gasteiger partial charge is 0.259 e. The lowest BCUT2D eigenvalue weighted by atomic mass is 10.2. The number of aromatic nitrogens is 3. The molecule has 0 saturated heterocycles. The van der Waals surface area contributed by atoms with E-state index in [4.69, 9.17) is 16.1 Å². The van der Waals surface area contributed by atoms with Crippen LogP contribution in [-0.4, -0.2) is 20.2 Å². The summed E-state index contributed by atoms with van der Waals surface area (Å²) in [6, 6.07) is 8.66. The van der Waals surface area contributed by atoms with Crippen LogP contribution in [0.4, 0.5) is 0 Å². The summed E-state index contributed by atoms with van der Waals surface area (Å²) >= 11 is 5.91. The van der Waals surface area contributed by atoms with Gasteiger partial charge in [-0.1, -0.05) is 28.9 Å². The molecule has 2 aromatic heterocycles. The van der Waals surface area contributed by atoms with Crippen LogP contribution in [0.25, 0.3) is 22.8 Å². The van der Waals surface area contributed by atoms with Crippen LogP contribution in [-0.2, 0) is 0 Å². The first kappa shape index (κ1) is 11.7. The van der Waals surface area contributed by atoms with E-state index in [-0.39, 0.29) is 5.75 Å². The zero-order valence-corrected chi connectivity index (χ0v) is 10.4. The van der Waals surface area contributed by atoms with Crippen molar-refractivity contribution in [3.05, 3.63) is 47.7 Å². The summed E-state index contributed by atoms with van der Waals surface area (Å²) in [4.78, 5) is 8.10. The maximum Gasteiger partial charge on any atom is 0.259 e. The predicted molar refractivity (Wildman–Crippen MR) is 69.6 cm³/mol. The van der Waals surface area contributed by atoms with Gasteiger partial charge in [0.2, 0.25) is 5.82 Å². The number of pyridine rings is 1. The average Bonchev–Trinajstić information content (AvgIpc) is 2.88. The van der Waals surface area contributed by atoms with E-state index in [1.165, 1.54) is 18.5 Å². The monoisotopic (exact) mass is 273 g/mol. The Balaban J connectivity index is 2.00. The largest absolute Gasteiger partial charge is 0.506 e. The van der Waals surface area contributed by atoms with Crippen LogP contribution >= 0.6 is 11.6 Å². The normalized spacial score (nSPS) is 10.6. The van der Waals surface area contributed by atoms with Crippen LogP contribution in [0, 0.1) is 0 Å². The fourth-order valence-electron chi connectivity index (χ4n) is 1.63. The summed E-state index contributed by atoms with van der Waals surface area (Å²) in [7, 11) is 0. The lowest BCUT2D eigenvalue weighted by molar-refractivity contribution is 0.431. The molecular weight excluding hydrogens is 266 g/mol. The van der Waals surface area contributed by atoms with Crippen molar-refractivity contribution in [1.82, 2.24) is 15.1 Å². The summed E-state index contributed by atoms with van der Waals surface area (Å²) in [6.45, 7) is 0. The van der Waals surface area contributed by atoms with Gasteiger partial charge >= 0.3 is 0 Å². The molecule has 6 heteroatoms. The Kier molecular flexibility index (Phi) is 2.89. The summed E-state index contributed by atoms with van der Waals surface area (Å²) in [5.41, 5.74) is 1.32. The molecule has 0 aliphatic heterocycles. The summed E-state index contributed by atoms with van der Waals surface area (Å²) < 4.78 is 5.14. The Morgan fingerprint density at radius 1 is 1.11 bits per heavy atom. The van der Waals surface area contributed by atoms with Gasteiger partial charge in [-0.3, -0.25) is 4.98 Å². The van der Waals surface area contributed by atoms with Crippen LogP contribution in [0.3, 0.4) is 0 Å². The van der Waals surface area contributed by atoms with Crippen molar-refractivity contribution in [1.29, 1.82) is 0 Å². The van der Waals surface area contributed by atoms with Gasteiger partial charge < -0.3 is 9.63 Å². The molecule has 0 unspecified atom stereocenters. The van der Waals surface area contributed by atoms with Crippen molar-refractivity contribution >= 4 is 11.6 Å². The fourth-order valence-corrected chi connectivity index (χ4v) is 1.82. The third-order valence-corrected chi connectivity index (χ3v) is 2.71. The first-order valence-corrected chi connectivity index (χ1v) is 5.84. The Labute approximate surface area is 113 Å². The Morgan fingerprint density at radius 3 is 2.79 bits per heavy atom. The van der Waals surface area contributed by atoms with Crippen molar-refractivity contribution in [2.75, 3.05) is 0 Å². The van der Waals surface area contributed by atoms with Crippen molar-refractivity contribution in [2.24, 2.45) is 0 Å². The molecular formula is C13H8ClN3O2. The molecule has 5 nitrogen and oxygen atoms in total. The highest BCUT2D eigenvalue weighted by atomic mass is 35.5. The molecule has 1 aromatic carbocycles. The molecule has 0 aliphatic rings. The molecule has 0 atom stereocenters. The highest BCUT2D eigenvalue weighted by Crippen LogP contribution is 2.25. The van der Waals surface area contributed by atoms with E-state index in [9.17, 15) is 5.11 Å². The minimum Gasteiger partial charge on any atom is -0.506 e. The van der Waals surface area contributed by atoms with E-state index in [2.05, 4.69) is 15.1 Å². The van der Waals surface area contributed by atoms with Gasteiger partial charge in [-0.2, -0.15) is 4.98 Å². The molecule has 0 radical (unpaired) electrons. The second kappa shape index (κ2) is 4.70. The first-order chi connectivity index (χ1) is 9.22. The molecule has 1 N–H and O–H groups in total. The number of halogens is 1. The quantitative estimate of drug-likeness (QED) is 0.776. The number of benzene rings is 1. The van der Waals surface area contributed by atoms with Gasteiger partial charge in [-0.05, 0) is 18.2 Å². The molecule has 19 heavy (non-hydrogen) atoms. The first-order valence-electron chi connectivity index (χ1n) is 5.46. The zero-order valence-electron chi connectivity index (χ0n) is 9.62. The van der Waals surface area contributed by atoms with E-state index >= 15 is 0 Å². The van der Waals surface area contributed by atoms with E-state index < -0.39 is 0 Å². The average molecular weight is 274 g/mol.